The quantitative estimate of drug-likeness (QED) is 0.190. The first-order valence-corrected chi connectivity index (χ1v) is 17.1. The lowest BCUT2D eigenvalue weighted by molar-refractivity contribution is 0.663. The lowest BCUT2D eigenvalue weighted by Crippen LogP contribution is -1.95. The minimum Gasteiger partial charge on any atom is -0.455 e. The third kappa shape index (κ3) is 4.22. The predicted octanol–water partition coefficient (Wildman–Crippen LogP) is 12.4. The molecule has 51 heavy (non-hydrogen) atoms. The summed E-state index contributed by atoms with van der Waals surface area (Å²) in [6, 6.07) is 56.8. The summed E-state index contributed by atoms with van der Waals surface area (Å²) in [6.45, 7) is 0. The molecule has 0 aliphatic heterocycles. The van der Waals surface area contributed by atoms with Gasteiger partial charge in [0.05, 0.1) is 11.0 Å². The number of benzene rings is 7. The molecule has 4 heterocycles. The van der Waals surface area contributed by atoms with E-state index in [1.54, 1.807) is 0 Å². The minimum absolute atomic E-state index is 0.623. The molecule has 7 aromatic carbocycles. The molecule has 0 spiro atoms. The number of nitrogens with zero attached hydrogens (tertiary/aromatic N) is 3. The molecule has 238 valence electrons. The number of hydrogen-bond acceptors (Lipinski definition) is 4. The fourth-order valence-corrected chi connectivity index (χ4v) is 7.70. The normalized spacial score (nSPS) is 11.9. The van der Waals surface area contributed by atoms with E-state index in [9.17, 15) is 0 Å². The predicted molar refractivity (Wildman–Crippen MR) is 207 cm³/mol. The summed E-state index contributed by atoms with van der Waals surface area (Å²) < 4.78 is 15.3. The summed E-state index contributed by atoms with van der Waals surface area (Å²) in [4.78, 5) is 10.4. The Hall–Kier alpha value is -6.98. The number of fused-ring (bicyclic) bond motifs is 9. The van der Waals surface area contributed by atoms with E-state index in [1.165, 1.54) is 21.8 Å². The van der Waals surface area contributed by atoms with Gasteiger partial charge in [-0.3, -0.25) is 0 Å². The van der Waals surface area contributed by atoms with E-state index in [0.29, 0.717) is 17.1 Å². The Morgan fingerprint density at radius 3 is 1.76 bits per heavy atom. The third-order valence-electron chi connectivity index (χ3n) is 10.0. The van der Waals surface area contributed by atoms with Gasteiger partial charge in [-0.1, -0.05) is 109 Å². The van der Waals surface area contributed by atoms with Crippen molar-refractivity contribution in [2.24, 2.45) is 0 Å². The summed E-state index contributed by atoms with van der Waals surface area (Å²) in [5.41, 5.74) is 12.0. The topological polar surface area (TPSA) is 57.0 Å². The summed E-state index contributed by atoms with van der Waals surface area (Å²) in [5, 5.41) is 5.55. The molecule has 0 amide bonds. The van der Waals surface area contributed by atoms with Crippen LogP contribution in [0, 0.1) is 0 Å². The molecule has 0 atom stereocenters. The van der Waals surface area contributed by atoms with E-state index in [1.807, 2.05) is 36.4 Å². The summed E-state index contributed by atoms with van der Waals surface area (Å²) >= 11 is 0. The van der Waals surface area contributed by atoms with Gasteiger partial charge in [0, 0.05) is 43.7 Å². The lowest BCUT2D eigenvalue weighted by Gasteiger charge is -2.11. The van der Waals surface area contributed by atoms with Crippen LogP contribution in [0.1, 0.15) is 0 Å². The second-order valence-electron chi connectivity index (χ2n) is 13.0. The van der Waals surface area contributed by atoms with Gasteiger partial charge in [-0.2, -0.15) is 0 Å². The molecule has 11 rings (SSSR count). The molecule has 11 aromatic rings. The van der Waals surface area contributed by atoms with Gasteiger partial charge < -0.3 is 13.4 Å². The number of hydrogen-bond donors (Lipinski definition) is 0. The van der Waals surface area contributed by atoms with Crippen molar-refractivity contribution in [3.05, 3.63) is 164 Å². The van der Waals surface area contributed by atoms with Crippen molar-refractivity contribution in [3.63, 3.8) is 0 Å². The van der Waals surface area contributed by atoms with Crippen molar-refractivity contribution < 1.29 is 8.83 Å². The molecular weight excluding hydrogens is 627 g/mol. The maximum Gasteiger partial charge on any atom is 0.180 e. The molecule has 0 fully saturated rings. The maximum atomic E-state index is 6.49. The van der Waals surface area contributed by atoms with Crippen molar-refractivity contribution in [1.29, 1.82) is 0 Å². The third-order valence-corrected chi connectivity index (χ3v) is 10.0. The molecule has 0 unspecified atom stereocenters. The van der Waals surface area contributed by atoms with Crippen molar-refractivity contribution in [2.75, 3.05) is 0 Å². The zero-order valence-corrected chi connectivity index (χ0v) is 27.2. The van der Waals surface area contributed by atoms with Gasteiger partial charge in [0.1, 0.15) is 28.0 Å². The second-order valence-corrected chi connectivity index (χ2v) is 13.0. The zero-order valence-electron chi connectivity index (χ0n) is 27.2. The van der Waals surface area contributed by atoms with E-state index >= 15 is 0 Å². The van der Waals surface area contributed by atoms with Crippen LogP contribution >= 0.6 is 0 Å². The molecule has 0 saturated heterocycles. The maximum absolute atomic E-state index is 6.49. The van der Waals surface area contributed by atoms with Crippen LogP contribution in [0.2, 0.25) is 0 Å². The molecule has 0 saturated carbocycles. The van der Waals surface area contributed by atoms with Crippen molar-refractivity contribution in [3.8, 4) is 39.5 Å². The smallest absolute Gasteiger partial charge is 0.180 e. The first-order valence-electron chi connectivity index (χ1n) is 17.1. The fraction of sp³-hybridized carbons (Fsp3) is 0. The fourth-order valence-electron chi connectivity index (χ4n) is 7.70. The molecule has 0 N–H and O–H groups in total. The largest absolute Gasteiger partial charge is 0.455 e. The van der Waals surface area contributed by atoms with Gasteiger partial charge in [0.25, 0.3) is 0 Å². The van der Waals surface area contributed by atoms with Crippen LogP contribution in [0.25, 0.3) is 105 Å². The Labute approximate surface area is 291 Å². The Kier molecular flexibility index (Phi) is 5.89. The first-order chi connectivity index (χ1) is 25.3. The zero-order chi connectivity index (χ0) is 33.5. The number of aromatic nitrogens is 3. The van der Waals surface area contributed by atoms with E-state index in [4.69, 9.17) is 18.8 Å². The Balaban J connectivity index is 1.10. The number of rotatable bonds is 4. The van der Waals surface area contributed by atoms with Crippen LogP contribution < -0.4 is 0 Å². The molecule has 4 aromatic heterocycles. The Bertz CT molecular complexity index is 3110. The highest BCUT2D eigenvalue weighted by Gasteiger charge is 2.22. The van der Waals surface area contributed by atoms with Crippen LogP contribution in [-0.4, -0.2) is 14.5 Å². The van der Waals surface area contributed by atoms with Crippen molar-refractivity contribution in [2.45, 2.75) is 0 Å². The summed E-state index contributed by atoms with van der Waals surface area (Å²) in [6.07, 6.45) is 0. The molecule has 5 heteroatoms. The van der Waals surface area contributed by atoms with Crippen LogP contribution in [0.3, 0.4) is 0 Å². The van der Waals surface area contributed by atoms with E-state index in [0.717, 1.165) is 66.4 Å². The first kappa shape index (κ1) is 27.9. The molecule has 5 nitrogen and oxygen atoms in total. The average molecular weight is 654 g/mol. The molecule has 0 bridgehead atoms. The highest BCUT2D eigenvalue weighted by molar-refractivity contribution is 6.13. The monoisotopic (exact) mass is 653 g/mol. The molecule has 0 radical (unpaired) electrons. The van der Waals surface area contributed by atoms with Crippen LogP contribution in [0.15, 0.2) is 173 Å². The standard InChI is InChI=1S/C46H27N3O2/c1-5-22-38-32(16-1)33-17-2-6-23-39(33)49(38)31-15-10-13-29(27-31)28-12-9-14-30(26-28)46-47-42-36-19-4-8-25-41(36)51-45(42)43(48-46)37-21-11-20-35-34-18-3-7-24-40(34)50-44(35)37/h1-27H. The second kappa shape index (κ2) is 10.8. The Morgan fingerprint density at radius 1 is 0.412 bits per heavy atom. The van der Waals surface area contributed by atoms with Crippen molar-refractivity contribution in [1.82, 2.24) is 14.5 Å². The number of furan rings is 2. The van der Waals surface area contributed by atoms with E-state index in [2.05, 4.69) is 132 Å². The van der Waals surface area contributed by atoms with Gasteiger partial charge >= 0.3 is 0 Å². The van der Waals surface area contributed by atoms with Crippen molar-refractivity contribution >= 4 is 65.8 Å². The molecular formula is C46H27N3O2. The van der Waals surface area contributed by atoms with Crippen LogP contribution in [0.5, 0.6) is 0 Å². The highest BCUT2D eigenvalue weighted by atomic mass is 16.3. The molecule has 0 aliphatic carbocycles. The average Bonchev–Trinajstić information content (AvgIpc) is 3.87. The SMILES string of the molecule is c1cc(-c2cccc(-n3c4ccccc4c4ccccc43)c2)cc(-c2nc(-c3cccc4c3oc3ccccc34)c3oc4ccccc4c3n2)c1. The summed E-state index contributed by atoms with van der Waals surface area (Å²) in [7, 11) is 0. The van der Waals surface area contributed by atoms with E-state index < -0.39 is 0 Å². The molecule has 0 aliphatic rings. The van der Waals surface area contributed by atoms with Gasteiger partial charge in [0.2, 0.25) is 0 Å². The summed E-state index contributed by atoms with van der Waals surface area (Å²) in [5.74, 6) is 0.623. The van der Waals surface area contributed by atoms with Gasteiger partial charge in [-0.25, -0.2) is 9.97 Å². The van der Waals surface area contributed by atoms with Crippen LogP contribution in [0.4, 0.5) is 0 Å². The number of para-hydroxylation sites is 5. The van der Waals surface area contributed by atoms with E-state index in [-0.39, 0.29) is 0 Å². The Morgan fingerprint density at radius 2 is 0.980 bits per heavy atom. The lowest BCUT2D eigenvalue weighted by atomic mass is 10.0. The van der Waals surface area contributed by atoms with Crippen LogP contribution in [-0.2, 0) is 0 Å². The van der Waals surface area contributed by atoms with Gasteiger partial charge in [0.15, 0.2) is 11.4 Å². The van der Waals surface area contributed by atoms with Gasteiger partial charge in [-0.15, -0.1) is 0 Å². The highest BCUT2D eigenvalue weighted by Crippen LogP contribution is 2.41. The van der Waals surface area contributed by atoms with Gasteiger partial charge in [-0.05, 0) is 65.7 Å². The minimum atomic E-state index is 0.623.